The standard InChI is InChI=1S/C12H16ClN3OS/c1-14-10-6-8(5-9(13)16-10)11(17)15-7-12(18-2)3-4-12/h5-6H,3-4,7H2,1-2H3,(H,14,16)(H,15,17). The first kappa shape index (κ1) is 13.5. The lowest BCUT2D eigenvalue weighted by Crippen LogP contribution is -2.31. The smallest absolute Gasteiger partial charge is 0.251 e. The van der Waals surface area contributed by atoms with Crippen LogP contribution in [0.25, 0.3) is 0 Å². The minimum absolute atomic E-state index is 0.101. The van der Waals surface area contributed by atoms with Crippen molar-refractivity contribution in [2.24, 2.45) is 0 Å². The molecule has 0 radical (unpaired) electrons. The third-order valence-corrected chi connectivity index (χ3v) is 4.74. The van der Waals surface area contributed by atoms with E-state index in [2.05, 4.69) is 21.9 Å². The van der Waals surface area contributed by atoms with E-state index in [9.17, 15) is 4.79 Å². The number of amides is 1. The number of nitrogens with one attached hydrogen (secondary N) is 2. The number of nitrogens with zero attached hydrogens (tertiary/aromatic N) is 1. The Kier molecular flexibility index (Phi) is 4.02. The molecule has 1 heterocycles. The zero-order valence-electron chi connectivity index (χ0n) is 10.4. The lowest BCUT2D eigenvalue weighted by Gasteiger charge is -2.13. The van der Waals surface area contributed by atoms with Gasteiger partial charge >= 0.3 is 0 Å². The molecule has 1 aliphatic rings. The molecule has 0 aliphatic heterocycles. The van der Waals surface area contributed by atoms with E-state index in [4.69, 9.17) is 11.6 Å². The van der Waals surface area contributed by atoms with Gasteiger partial charge in [0.25, 0.3) is 5.91 Å². The van der Waals surface area contributed by atoms with E-state index < -0.39 is 0 Å². The predicted molar refractivity (Wildman–Crippen MR) is 76.6 cm³/mol. The van der Waals surface area contributed by atoms with E-state index in [1.54, 1.807) is 19.2 Å². The number of carbonyl (C=O) groups excluding carboxylic acids is 1. The molecule has 4 nitrogen and oxygen atoms in total. The summed E-state index contributed by atoms with van der Waals surface area (Å²) in [6, 6.07) is 3.27. The van der Waals surface area contributed by atoms with Crippen molar-refractivity contribution in [2.45, 2.75) is 17.6 Å². The maximum Gasteiger partial charge on any atom is 0.251 e. The molecule has 18 heavy (non-hydrogen) atoms. The monoisotopic (exact) mass is 285 g/mol. The molecule has 0 unspecified atom stereocenters. The maximum atomic E-state index is 12.0. The number of hydrogen-bond donors (Lipinski definition) is 2. The second-order valence-corrected chi connectivity index (χ2v) is 6.05. The van der Waals surface area contributed by atoms with Crippen LogP contribution in [0.3, 0.4) is 0 Å². The molecule has 0 bridgehead atoms. The van der Waals surface area contributed by atoms with E-state index >= 15 is 0 Å². The van der Waals surface area contributed by atoms with Crippen molar-refractivity contribution in [1.29, 1.82) is 0 Å². The Labute approximate surface area is 116 Å². The van der Waals surface area contributed by atoms with E-state index in [0.717, 1.165) is 0 Å². The highest BCUT2D eigenvalue weighted by Crippen LogP contribution is 2.46. The topological polar surface area (TPSA) is 54.0 Å². The van der Waals surface area contributed by atoms with Crippen molar-refractivity contribution >= 4 is 35.1 Å². The maximum absolute atomic E-state index is 12.0. The fraction of sp³-hybridized carbons (Fsp3) is 0.500. The van der Waals surface area contributed by atoms with Gasteiger partial charge in [-0.1, -0.05) is 11.6 Å². The van der Waals surface area contributed by atoms with Gasteiger partial charge in [0.1, 0.15) is 11.0 Å². The van der Waals surface area contributed by atoms with Crippen LogP contribution in [0.1, 0.15) is 23.2 Å². The lowest BCUT2D eigenvalue weighted by atomic mass is 10.2. The van der Waals surface area contributed by atoms with Crippen LogP contribution in [-0.2, 0) is 0 Å². The Morgan fingerprint density at radius 3 is 2.83 bits per heavy atom. The first-order valence-electron chi connectivity index (χ1n) is 5.77. The van der Waals surface area contributed by atoms with Crippen LogP contribution in [-0.4, -0.2) is 35.5 Å². The van der Waals surface area contributed by atoms with Crippen LogP contribution in [0.5, 0.6) is 0 Å². The van der Waals surface area contributed by atoms with E-state index in [0.29, 0.717) is 23.1 Å². The van der Waals surface area contributed by atoms with Crippen LogP contribution in [0, 0.1) is 0 Å². The van der Waals surface area contributed by atoms with Crippen LogP contribution in [0.15, 0.2) is 12.1 Å². The van der Waals surface area contributed by atoms with Gasteiger partial charge in [0.2, 0.25) is 0 Å². The van der Waals surface area contributed by atoms with Gasteiger partial charge in [0.05, 0.1) is 0 Å². The van der Waals surface area contributed by atoms with Crippen molar-refractivity contribution in [3.05, 3.63) is 22.8 Å². The lowest BCUT2D eigenvalue weighted by molar-refractivity contribution is 0.0953. The van der Waals surface area contributed by atoms with Crippen LogP contribution in [0.2, 0.25) is 5.15 Å². The molecular formula is C12H16ClN3OS. The Bertz CT molecular complexity index is 463. The predicted octanol–water partition coefficient (Wildman–Crippen LogP) is 2.40. The average Bonchev–Trinajstić information content (AvgIpc) is 3.16. The summed E-state index contributed by atoms with van der Waals surface area (Å²) in [5.41, 5.74) is 0.538. The molecule has 0 atom stereocenters. The van der Waals surface area contributed by atoms with Gasteiger partial charge in [-0.3, -0.25) is 4.79 Å². The highest BCUT2D eigenvalue weighted by molar-refractivity contribution is 8.00. The highest BCUT2D eigenvalue weighted by Gasteiger charge is 2.41. The summed E-state index contributed by atoms with van der Waals surface area (Å²) in [7, 11) is 1.74. The van der Waals surface area contributed by atoms with Gasteiger partial charge in [-0.2, -0.15) is 11.8 Å². The van der Waals surface area contributed by atoms with Gasteiger partial charge in [0, 0.05) is 23.9 Å². The van der Waals surface area contributed by atoms with Crippen molar-refractivity contribution in [3.63, 3.8) is 0 Å². The van der Waals surface area contributed by atoms with Crippen LogP contribution in [0.4, 0.5) is 5.82 Å². The number of thioether (sulfide) groups is 1. The van der Waals surface area contributed by atoms with Gasteiger partial charge in [-0.25, -0.2) is 4.98 Å². The molecule has 0 saturated heterocycles. The normalized spacial score (nSPS) is 16.2. The average molecular weight is 286 g/mol. The molecule has 2 N–H and O–H groups in total. The molecule has 1 fully saturated rings. The summed E-state index contributed by atoms with van der Waals surface area (Å²) in [6.07, 6.45) is 4.43. The molecule has 0 aromatic carbocycles. The summed E-state index contributed by atoms with van der Waals surface area (Å²) in [6.45, 7) is 0.710. The summed E-state index contributed by atoms with van der Waals surface area (Å²) in [4.78, 5) is 16.1. The zero-order chi connectivity index (χ0) is 13.2. The number of carbonyl (C=O) groups is 1. The Morgan fingerprint density at radius 2 is 2.28 bits per heavy atom. The molecule has 1 aliphatic carbocycles. The van der Waals surface area contributed by atoms with Crippen molar-refractivity contribution < 1.29 is 4.79 Å². The fourth-order valence-electron chi connectivity index (χ4n) is 1.69. The van der Waals surface area contributed by atoms with Gasteiger partial charge in [0.15, 0.2) is 0 Å². The Morgan fingerprint density at radius 1 is 1.56 bits per heavy atom. The Balaban J connectivity index is 2.02. The van der Waals surface area contributed by atoms with Gasteiger partial charge in [-0.05, 0) is 31.2 Å². The zero-order valence-corrected chi connectivity index (χ0v) is 12.0. The third-order valence-electron chi connectivity index (χ3n) is 3.12. The van der Waals surface area contributed by atoms with Gasteiger partial charge in [-0.15, -0.1) is 0 Å². The second-order valence-electron chi connectivity index (χ2n) is 4.38. The first-order chi connectivity index (χ1) is 8.58. The summed E-state index contributed by atoms with van der Waals surface area (Å²) < 4.78 is 0.262. The van der Waals surface area contributed by atoms with Gasteiger partial charge < -0.3 is 10.6 Å². The highest BCUT2D eigenvalue weighted by atomic mass is 35.5. The summed E-state index contributed by atoms with van der Waals surface area (Å²) in [5.74, 6) is 0.495. The largest absolute Gasteiger partial charge is 0.373 e. The molecule has 1 aromatic heterocycles. The molecule has 1 saturated carbocycles. The minimum atomic E-state index is -0.101. The van der Waals surface area contributed by atoms with Crippen LogP contribution >= 0.6 is 23.4 Å². The SMILES string of the molecule is CNc1cc(C(=O)NCC2(SC)CC2)cc(Cl)n1. The number of rotatable bonds is 5. The quantitative estimate of drug-likeness (QED) is 0.816. The molecular weight excluding hydrogens is 270 g/mol. The minimum Gasteiger partial charge on any atom is -0.373 e. The molecule has 1 amide bonds. The number of hydrogen-bond acceptors (Lipinski definition) is 4. The molecule has 2 rings (SSSR count). The molecule has 0 spiro atoms. The Hall–Kier alpha value is -0.940. The first-order valence-corrected chi connectivity index (χ1v) is 7.37. The molecule has 98 valence electrons. The van der Waals surface area contributed by atoms with E-state index in [1.807, 2.05) is 11.8 Å². The van der Waals surface area contributed by atoms with E-state index in [1.165, 1.54) is 12.8 Å². The fourth-order valence-corrected chi connectivity index (χ4v) is 2.63. The third kappa shape index (κ3) is 3.09. The molecule has 6 heteroatoms. The van der Waals surface area contributed by atoms with Crippen molar-refractivity contribution in [2.75, 3.05) is 25.2 Å². The summed E-state index contributed by atoms with van der Waals surface area (Å²) in [5, 5.41) is 6.15. The number of anilines is 1. The van der Waals surface area contributed by atoms with Crippen molar-refractivity contribution in [1.82, 2.24) is 10.3 Å². The van der Waals surface area contributed by atoms with E-state index in [-0.39, 0.29) is 10.7 Å². The number of halogens is 1. The second kappa shape index (κ2) is 5.36. The molecule has 1 aromatic rings. The number of pyridine rings is 1. The van der Waals surface area contributed by atoms with Crippen LogP contribution < -0.4 is 10.6 Å². The van der Waals surface area contributed by atoms with Crippen molar-refractivity contribution in [3.8, 4) is 0 Å². The number of aromatic nitrogens is 1. The summed E-state index contributed by atoms with van der Waals surface area (Å²) >= 11 is 7.69.